The molecular weight excluding hydrogens is 144 g/mol. The van der Waals surface area contributed by atoms with Gasteiger partial charge < -0.3 is 0 Å². The first-order valence-electron chi connectivity index (χ1n) is 4.27. The minimum absolute atomic E-state index is 1.18. The van der Waals surface area contributed by atoms with E-state index in [2.05, 4.69) is 39.0 Å². The highest BCUT2D eigenvalue weighted by molar-refractivity contribution is 5.39. The summed E-state index contributed by atoms with van der Waals surface area (Å²) in [5, 5.41) is 0. The Hall–Kier alpha value is -1.04. The molecule has 0 bridgehead atoms. The number of allylic oxidation sites excluding steroid dienone is 1. The summed E-state index contributed by atoms with van der Waals surface area (Å²) in [5.74, 6) is 0. The first kappa shape index (κ1) is 9.05. The molecule has 0 nitrogen and oxygen atoms in total. The van der Waals surface area contributed by atoms with Crippen molar-refractivity contribution < 1.29 is 0 Å². The van der Waals surface area contributed by atoms with Crippen LogP contribution < -0.4 is 0 Å². The minimum atomic E-state index is 1.18. The molecule has 0 saturated heterocycles. The highest BCUT2D eigenvalue weighted by Crippen LogP contribution is 2.15. The van der Waals surface area contributed by atoms with Crippen LogP contribution in [0, 0.1) is 26.8 Å². The van der Waals surface area contributed by atoms with E-state index < -0.39 is 0 Å². The Labute approximate surface area is 74.9 Å². The lowest BCUT2D eigenvalue weighted by Gasteiger charge is -2.05. The second-order valence-corrected chi connectivity index (χ2v) is 3.17. The van der Waals surface area contributed by atoms with Crippen LogP contribution >= 0.6 is 0 Å². The predicted molar refractivity (Wildman–Crippen MR) is 53.2 cm³/mol. The average Bonchev–Trinajstić information content (AvgIpc) is 2.01. The number of hydrogen-bond donors (Lipinski definition) is 0. The molecule has 0 atom stereocenters. The summed E-state index contributed by atoms with van der Waals surface area (Å²) in [6.07, 6.45) is 5.14. The van der Waals surface area contributed by atoms with Gasteiger partial charge >= 0.3 is 0 Å². The molecule has 0 N–H and O–H groups in total. The highest BCUT2D eigenvalue weighted by atomic mass is 14.0. The Morgan fingerprint density at radius 1 is 1.08 bits per heavy atom. The van der Waals surface area contributed by atoms with Gasteiger partial charge in [0.15, 0.2) is 0 Å². The number of benzene rings is 1. The lowest BCUT2D eigenvalue weighted by atomic mass is 10.0. The topological polar surface area (TPSA) is 0 Å². The van der Waals surface area contributed by atoms with Crippen molar-refractivity contribution in [1.82, 2.24) is 0 Å². The van der Waals surface area contributed by atoms with Crippen LogP contribution in [-0.2, 0) is 0 Å². The predicted octanol–water partition coefficient (Wildman–Crippen LogP) is 3.34. The first-order valence-corrected chi connectivity index (χ1v) is 4.27. The third-order valence-corrected chi connectivity index (χ3v) is 2.24. The maximum absolute atomic E-state index is 3.19. The summed E-state index contributed by atoms with van der Waals surface area (Å²) in [6.45, 7) is 8.43. The summed E-state index contributed by atoms with van der Waals surface area (Å²) < 4.78 is 0. The second kappa shape index (κ2) is 3.57. The molecule has 1 aromatic rings. The molecule has 0 aliphatic carbocycles. The first-order chi connectivity index (χ1) is 5.65. The second-order valence-electron chi connectivity index (χ2n) is 3.17. The monoisotopic (exact) mass is 159 g/mol. The van der Waals surface area contributed by atoms with Gasteiger partial charge in [0, 0.05) is 0 Å². The molecule has 0 aliphatic rings. The van der Waals surface area contributed by atoms with Crippen molar-refractivity contribution in [1.29, 1.82) is 0 Å². The smallest absolute Gasteiger partial charge is 0.0151 e. The van der Waals surface area contributed by atoms with Crippen LogP contribution in [0.3, 0.4) is 0 Å². The van der Waals surface area contributed by atoms with Gasteiger partial charge in [-0.1, -0.05) is 18.2 Å². The molecule has 1 rings (SSSR count). The van der Waals surface area contributed by atoms with Crippen molar-refractivity contribution in [2.24, 2.45) is 0 Å². The highest BCUT2D eigenvalue weighted by Gasteiger charge is 1.97. The van der Waals surface area contributed by atoms with E-state index in [1.807, 2.05) is 13.0 Å². The summed E-state index contributed by atoms with van der Waals surface area (Å²) in [7, 11) is 0. The Balaban J connectivity index is 3.21. The molecule has 0 heterocycles. The third kappa shape index (κ3) is 1.76. The van der Waals surface area contributed by atoms with E-state index in [0.717, 1.165) is 0 Å². The minimum Gasteiger partial charge on any atom is -0.0792 e. The Bertz CT molecular complexity index is 283. The van der Waals surface area contributed by atoms with Gasteiger partial charge in [-0.2, -0.15) is 0 Å². The molecule has 1 aromatic carbocycles. The average molecular weight is 159 g/mol. The summed E-state index contributed by atoms with van der Waals surface area (Å²) in [6, 6.07) is 4.34. The number of rotatable bonds is 1. The molecule has 0 saturated carbocycles. The fourth-order valence-corrected chi connectivity index (χ4v) is 1.29. The van der Waals surface area contributed by atoms with Crippen molar-refractivity contribution in [2.75, 3.05) is 0 Å². The van der Waals surface area contributed by atoms with E-state index in [4.69, 9.17) is 0 Å². The van der Waals surface area contributed by atoms with E-state index in [0.29, 0.717) is 0 Å². The van der Waals surface area contributed by atoms with Crippen molar-refractivity contribution in [3.8, 4) is 0 Å². The van der Waals surface area contributed by atoms with Crippen LogP contribution in [0.25, 0.3) is 0 Å². The van der Waals surface area contributed by atoms with E-state index in [9.17, 15) is 0 Å². The van der Waals surface area contributed by atoms with Gasteiger partial charge in [0.05, 0.1) is 0 Å². The molecule has 0 aromatic heterocycles. The molecule has 63 valence electrons. The van der Waals surface area contributed by atoms with Crippen LogP contribution in [0.1, 0.15) is 29.2 Å². The zero-order chi connectivity index (χ0) is 9.14. The van der Waals surface area contributed by atoms with Crippen molar-refractivity contribution >= 4 is 0 Å². The largest absolute Gasteiger partial charge is 0.0792 e. The molecule has 1 radical (unpaired) electrons. The summed E-state index contributed by atoms with van der Waals surface area (Å²) in [4.78, 5) is 0. The van der Waals surface area contributed by atoms with Crippen molar-refractivity contribution in [2.45, 2.75) is 27.7 Å². The third-order valence-electron chi connectivity index (χ3n) is 2.24. The zero-order valence-corrected chi connectivity index (χ0v) is 8.23. The Kier molecular flexibility index (Phi) is 2.69. The van der Waals surface area contributed by atoms with Gasteiger partial charge in [0.25, 0.3) is 0 Å². The van der Waals surface area contributed by atoms with Crippen LogP contribution in [0.4, 0.5) is 0 Å². The number of aryl methyl sites for hydroxylation is 2. The molecular formula is C12H15. The standard InChI is InChI=1S/C12H15/c1-5-6-12-7-9(2)11(4)10(3)8-12/h5,7-8H,1-4H3. The Morgan fingerprint density at radius 2 is 1.58 bits per heavy atom. The molecule has 0 spiro atoms. The van der Waals surface area contributed by atoms with Gasteiger partial charge in [-0.3, -0.25) is 0 Å². The van der Waals surface area contributed by atoms with E-state index in [-0.39, 0.29) is 0 Å². The van der Waals surface area contributed by atoms with Gasteiger partial charge in [-0.15, -0.1) is 0 Å². The molecule has 0 amide bonds. The zero-order valence-electron chi connectivity index (χ0n) is 8.23. The quantitative estimate of drug-likeness (QED) is 0.589. The van der Waals surface area contributed by atoms with Gasteiger partial charge in [0.1, 0.15) is 0 Å². The van der Waals surface area contributed by atoms with Gasteiger partial charge in [0.2, 0.25) is 0 Å². The summed E-state index contributed by atoms with van der Waals surface area (Å²) >= 11 is 0. The maximum Gasteiger partial charge on any atom is -0.0151 e. The van der Waals surface area contributed by atoms with E-state index >= 15 is 0 Å². The van der Waals surface area contributed by atoms with Crippen LogP contribution in [0.15, 0.2) is 18.2 Å². The lowest BCUT2D eigenvalue weighted by Crippen LogP contribution is -1.88. The molecule has 0 heteroatoms. The lowest BCUT2D eigenvalue weighted by molar-refractivity contribution is 1.25. The number of hydrogen-bond acceptors (Lipinski definition) is 0. The van der Waals surface area contributed by atoms with Crippen LogP contribution in [-0.4, -0.2) is 0 Å². The Morgan fingerprint density at radius 3 is 2.00 bits per heavy atom. The molecule has 0 fully saturated rings. The maximum atomic E-state index is 3.19. The van der Waals surface area contributed by atoms with E-state index in [1.54, 1.807) is 0 Å². The fraction of sp³-hybridized carbons (Fsp3) is 0.333. The summed E-state index contributed by atoms with van der Waals surface area (Å²) in [5.41, 5.74) is 5.26. The van der Waals surface area contributed by atoms with Gasteiger partial charge in [-0.05, 0) is 56.0 Å². The molecule has 0 aliphatic heterocycles. The van der Waals surface area contributed by atoms with Crippen LogP contribution in [0.5, 0.6) is 0 Å². The molecule has 12 heavy (non-hydrogen) atoms. The van der Waals surface area contributed by atoms with E-state index in [1.165, 1.54) is 22.3 Å². The fourth-order valence-electron chi connectivity index (χ4n) is 1.29. The van der Waals surface area contributed by atoms with Crippen molar-refractivity contribution in [3.63, 3.8) is 0 Å². The SMILES string of the molecule is C/C=[C]/c1cc(C)c(C)c(C)c1. The normalized spacial score (nSPS) is 11.0. The van der Waals surface area contributed by atoms with Crippen LogP contribution in [0.2, 0.25) is 0 Å². The van der Waals surface area contributed by atoms with Crippen molar-refractivity contribution in [3.05, 3.63) is 46.5 Å². The molecule has 0 unspecified atom stereocenters. The van der Waals surface area contributed by atoms with Gasteiger partial charge in [-0.25, -0.2) is 0 Å².